The van der Waals surface area contributed by atoms with Crippen molar-refractivity contribution in [2.75, 3.05) is 18.4 Å². The van der Waals surface area contributed by atoms with E-state index in [0.29, 0.717) is 12.5 Å². The van der Waals surface area contributed by atoms with E-state index in [9.17, 15) is 9.59 Å². The van der Waals surface area contributed by atoms with E-state index in [1.54, 1.807) is 34.7 Å². The number of nitrogens with zero attached hydrogens (tertiary/aromatic N) is 3. The van der Waals surface area contributed by atoms with Gasteiger partial charge in [-0.25, -0.2) is 9.97 Å². The molecule has 1 aliphatic heterocycles. The highest BCUT2D eigenvalue weighted by atomic mass is 32.1. The number of aromatic nitrogens is 2. The molecule has 1 unspecified atom stereocenters. The zero-order chi connectivity index (χ0) is 16.7. The van der Waals surface area contributed by atoms with Crippen molar-refractivity contribution >= 4 is 29.1 Å². The maximum Gasteiger partial charge on any atom is 0.255 e. The molecule has 24 heavy (non-hydrogen) atoms. The Kier molecular flexibility index (Phi) is 3.80. The van der Waals surface area contributed by atoms with Gasteiger partial charge in [-0.2, -0.15) is 0 Å². The van der Waals surface area contributed by atoms with Crippen molar-refractivity contribution in [3.05, 3.63) is 39.8 Å². The Morgan fingerprint density at radius 1 is 1.38 bits per heavy atom. The molecule has 2 aromatic heterocycles. The largest absolute Gasteiger partial charge is 0.329 e. The molecule has 2 amide bonds. The van der Waals surface area contributed by atoms with Gasteiger partial charge >= 0.3 is 0 Å². The van der Waals surface area contributed by atoms with Gasteiger partial charge in [-0.3, -0.25) is 14.9 Å². The number of nitrogens with one attached hydrogen (secondary N) is 1. The summed E-state index contributed by atoms with van der Waals surface area (Å²) in [4.78, 5) is 37.0. The van der Waals surface area contributed by atoms with Crippen LogP contribution in [0.5, 0.6) is 0 Å². The van der Waals surface area contributed by atoms with Crippen molar-refractivity contribution in [1.82, 2.24) is 14.9 Å². The standard InChI is InChI=1S/C17H18N4O2S/c1-10-8-21(9-14(22)20-17-18-5-2-6-19-17)16(23)12-7-13(11-3-4-11)24-15(10)12/h2,5-7,10-11H,3-4,8-9H2,1H3,(H,18,19,20,22). The Balaban J connectivity index is 1.48. The number of carbonyl (C=O) groups is 2. The molecule has 2 aromatic rings. The van der Waals surface area contributed by atoms with Crippen LogP contribution in [-0.2, 0) is 4.79 Å². The summed E-state index contributed by atoms with van der Waals surface area (Å²) in [7, 11) is 0. The summed E-state index contributed by atoms with van der Waals surface area (Å²) >= 11 is 1.77. The Bertz CT molecular complexity index is 785. The van der Waals surface area contributed by atoms with Crippen LogP contribution in [0.1, 0.15) is 51.7 Å². The first-order valence-electron chi connectivity index (χ1n) is 8.11. The number of amides is 2. The third-order valence-electron chi connectivity index (χ3n) is 4.37. The summed E-state index contributed by atoms with van der Waals surface area (Å²) in [6, 6.07) is 3.72. The highest BCUT2D eigenvalue weighted by Gasteiger charge is 2.35. The monoisotopic (exact) mass is 342 g/mol. The molecule has 0 saturated heterocycles. The van der Waals surface area contributed by atoms with Crippen LogP contribution in [0.25, 0.3) is 0 Å². The average Bonchev–Trinajstić information content (AvgIpc) is 3.31. The van der Waals surface area contributed by atoms with Crippen molar-refractivity contribution in [2.24, 2.45) is 0 Å². The Morgan fingerprint density at radius 3 is 2.83 bits per heavy atom. The van der Waals surface area contributed by atoms with Crippen LogP contribution in [0.15, 0.2) is 24.5 Å². The lowest BCUT2D eigenvalue weighted by molar-refractivity contribution is -0.117. The molecule has 7 heteroatoms. The van der Waals surface area contributed by atoms with Gasteiger partial charge in [0.1, 0.15) is 6.54 Å². The number of hydrogen-bond acceptors (Lipinski definition) is 5. The lowest BCUT2D eigenvalue weighted by atomic mass is 9.99. The Hall–Kier alpha value is -2.28. The van der Waals surface area contributed by atoms with Gasteiger partial charge in [-0.1, -0.05) is 6.92 Å². The third kappa shape index (κ3) is 2.91. The molecule has 1 N–H and O–H groups in total. The first-order valence-corrected chi connectivity index (χ1v) is 8.93. The van der Waals surface area contributed by atoms with Crippen molar-refractivity contribution < 1.29 is 9.59 Å². The van der Waals surface area contributed by atoms with E-state index in [1.807, 2.05) is 6.07 Å². The van der Waals surface area contributed by atoms with Gasteiger partial charge in [0.05, 0.1) is 5.56 Å². The van der Waals surface area contributed by atoms with Crippen LogP contribution < -0.4 is 5.32 Å². The summed E-state index contributed by atoms with van der Waals surface area (Å²) in [6.07, 6.45) is 5.58. The number of rotatable bonds is 4. The summed E-state index contributed by atoms with van der Waals surface area (Å²) in [5.41, 5.74) is 0.782. The Labute approximate surface area is 143 Å². The minimum atomic E-state index is -0.275. The molecular formula is C17H18N4O2S. The highest BCUT2D eigenvalue weighted by molar-refractivity contribution is 7.12. The molecule has 2 aliphatic rings. The second-order valence-corrected chi connectivity index (χ2v) is 7.52. The fourth-order valence-corrected chi connectivity index (χ4v) is 4.40. The molecule has 1 atom stereocenters. The fourth-order valence-electron chi connectivity index (χ4n) is 3.03. The molecule has 1 saturated carbocycles. The first kappa shape index (κ1) is 15.3. The number of hydrogen-bond donors (Lipinski definition) is 1. The molecule has 6 nitrogen and oxygen atoms in total. The van der Waals surface area contributed by atoms with Gasteiger partial charge in [0, 0.05) is 34.6 Å². The topological polar surface area (TPSA) is 75.2 Å². The second kappa shape index (κ2) is 5.98. The van der Waals surface area contributed by atoms with E-state index in [1.165, 1.54) is 22.6 Å². The minimum Gasteiger partial charge on any atom is -0.329 e. The fraction of sp³-hybridized carbons (Fsp3) is 0.412. The number of carbonyl (C=O) groups excluding carboxylic acids is 2. The zero-order valence-electron chi connectivity index (χ0n) is 13.4. The summed E-state index contributed by atoms with van der Waals surface area (Å²) in [5, 5.41) is 2.63. The summed E-state index contributed by atoms with van der Waals surface area (Å²) in [5.74, 6) is 0.842. The normalized spacial score (nSPS) is 20.0. The molecular weight excluding hydrogens is 324 g/mol. The smallest absolute Gasteiger partial charge is 0.255 e. The van der Waals surface area contributed by atoms with E-state index in [0.717, 1.165) is 5.56 Å². The molecule has 0 spiro atoms. The molecule has 124 valence electrons. The predicted molar refractivity (Wildman–Crippen MR) is 91.3 cm³/mol. The zero-order valence-corrected chi connectivity index (χ0v) is 14.2. The molecule has 4 rings (SSSR count). The van der Waals surface area contributed by atoms with Crippen LogP contribution in [0.3, 0.4) is 0 Å². The van der Waals surface area contributed by atoms with Gasteiger partial charge < -0.3 is 4.90 Å². The molecule has 0 radical (unpaired) electrons. The summed E-state index contributed by atoms with van der Waals surface area (Å²) in [6.45, 7) is 2.71. The van der Waals surface area contributed by atoms with Gasteiger partial charge in [0.15, 0.2) is 0 Å². The van der Waals surface area contributed by atoms with E-state index in [-0.39, 0.29) is 30.2 Å². The van der Waals surface area contributed by atoms with Crippen LogP contribution >= 0.6 is 11.3 Å². The molecule has 1 aliphatic carbocycles. The first-order chi connectivity index (χ1) is 11.6. The van der Waals surface area contributed by atoms with E-state index >= 15 is 0 Å². The number of thiophene rings is 1. The average molecular weight is 342 g/mol. The van der Waals surface area contributed by atoms with Gasteiger partial charge in [-0.15, -0.1) is 11.3 Å². The van der Waals surface area contributed by atoms with Crippen LogP contribution in [0, 0.1) is 0 Å². The lowest BCUT2D eigenvalue weighted by Crippen LogP contribution is -2.43. The van der Waals surface area contributed by atoms with Crippen LogP contribution in [0.2, 0.25) is 0 Å². The van der Waals surface area contributed by atoms with Crippen molar-refractivity contribution in [3.63, 3.8) is 0 Å². The molecule has 0 bridgehead atoms. The van der Waals surface area contributed by atoms with Crippen LogP contribution in [-0.4, -0.2) is 39.8 Å². The van der Waals surface area contributed by atoms with Gasteiger partial charge in [0.25, 0.3) is 5.91 Å². The van der Waals surface area contributed by atoms with Crippen molar-refractivity contribution in [2.45, 2.75) is 31.6 Å². The lowest BCUT2D eigenvalue weighted by Gasteiger charge is -2.30. The van der Waals surface area contributed by atoms with Gasteiger partial charge in [0.2, 0.25) is 11.9 Å². The minimum absolute atomic E-state index is 0.0233. The second-order valence-electron chi connectivity index (χ2n) is 6.41. The highest BCUT2D eigenvalue weighted by Crippen LogP contribution is 2.46. The molecule has 0 aromatic carbocycles. The van der Waals surface area contributed by atoms with E-state index in [4.69, 9.17) is 0 Å². The SMILES string of the molecule is CC1CN(CC(=O)Nc2ncccn2)C(=O)c2cc(C3CC3)sc21. The molecule has 3 heterocycles. The number of fused-ring (bicyclic) bond motifs is 1. The van der Waals surface area contributed by atoms with Crippen molar-refractivity contribution in [1.29, 1.82) is 0 Å². The van der Waals surface area contributed by atoms with E-state index < -0.39 is 0 Å². The quantitative estimate of drug-likeness (QED) is 0.927. The van der Waals surface area contributed by atoms with E-state index in [2.05, 4.69) is 22.2 Å². The predicted octanol–water partition coefficient (Wildman–Crippen LogP) is 2.61. The van der Waals surface area contributed by atoms with Crippen LogP contribution in [0.4, 0.5) is 5.95 Å². The molecule has 1 fully saturated rings. The van der Waals surface area contributed by atoms with Crippen molar-refractivity contribution in [3.8, 4) is 0 Å². The maximum absolute atomic E-state index is 12.7. The number of anilines is 1. The maximum atomic E-state index is 12.7. The Morgan fingerprint density at radius 2 is 2.12 bits per heavy atom. The van der Waals surface area contributed by atoms with Gasteiger partial charge in [-0.05, 0) is 30.9 Å². The third-order valence-corrected chi connectivity index (χ3v) is 5.90. The summed E-state index contributed by atoms with van der Waals surface area (Å²) < 4.78 is 0.